The Hall–Kier alpha value is -2.56. The Morgan fingerprint density at radius 1 is 1.33 bits per heavy atom. The maximum absolute atomic E-state index is 11.1. The molecular formula is C16H17N3O2. The van der Waals surface area contributed by atoms with Crippen LogP contribution in [0.5, 0.6) is 0 Å². The zero-order chi connectivity index (χ0) is 14.8. The smallest absolute Gasteiger partial charge is 0.337 e. The fourth-order valence-electron chi connectivity index (χ4n) is 2.78. The minimum atomic E-state index is -1.02. The van der Waals surface area contributed by atoms with E-state index in [0.29, 0.717) is 11.7 Å². The lowest BCUT2D eigenvalue weighted by Crippen LogP contribution is -2.21. The number of anilines is 2. The first-order chi connectivity index (χ1) is 10.1. The number of carboxylic acid groups (broad SMARTS) is 1. The number of nitrogen functional groups attached to an aromatic ring is 1. The maximum atomic E-state index is 11.1. The van der Waals surface area contributed by atoms with Crippen LogP contribution in [-0.2, 0) is 0 Å². The lowest BCUT2D eigenvalue weighted by molar-refractivity contribution is 0.0698. The van der Waals surface area contributed by atoms with E-state index >= 15 is 0 Å². The Balaban J connectivity index is 1.80. The third kappa shape index (κ3) is 2.67. The van der Waals surface area contributed by atoms with E-state index in [4.69, 9.17) is 10.8 Å². The number of aromatic carboxylic acids is 1. The van der Waals surface area contributed by atoms with E-state index in [-0.39, 0.29) is 11.3 Å². The third-order valence-corrected chi connectivity index (χ3v) is 3.93. The lowest BCUT2D eigenvalue weighted by Gasteiger charge is -2.18. The highest BCUT2D eigenvalue weighted by molar-refractivity contribution is 5.94. The quantitative estimate of drug-likeness (QED) is 0.904. The van der Waals surface area contributed by atoms with Gasteiger partial charge in [-0.15, -0.1) is 0 Å². The zero-order valence-corrected chi connectivity index (χ0v) is 11.6. The number of carbonyl (C=O) groups is 1. The molecule has 3 N–H and O–H groups in total. The van der Waals surface area contributed by atoms with Crippen molar-refractivity contribution >= 4 is 17.5 Å². The molecule has 1 aliphatic heterocycles. The van der Waals surface area contributed by atoms with Gasteiger partial charge >= 0.3 is 5.97 Å². The molecule has 0 aliphatic carbocycles. The average Bonchev–Trinajstić information content (AvgIpc) is 2.98. The van der Waals surface area contributed by atoms with Gasteiger partial charge < -0.3 is 15.7 Å². The summed E-state index contributed by atoms with van der Waals surface area (Å²) in [5, 5.41) is 9.14. The number of aromatic nitrogens is 1. The molecule has 0 bridgehead atoms. The maximum Gasteiger partial charge on any atom is 0.337 e. The molecule has 2 heterocycles. The number of rotatable bonds is 3. The molecular weight excluding hydrogens is 266 g/mol. The Kier molecular flexibility index (Phi) is 3.48. The molecule has 0 amide bonds. The largest absolute Gasteiger partial charge is 0.478 e. The van der Waals surface area contributed by atoms with Crippen molar-refractivity contribution in [3.05, 3.63) is 53.7 Å². The van der Waals surface area contributed by atoms with Gasteiger partial charge in [-0.25, -0.2) is 9.78 Å². The summed E-state index contributed by atoms with van der Waals surface area (Å²) in [7, 11) is 0. The van der Waals surface area contributed by atoms with Crippen molar-refractivity contribution in [1.82, 2.24) is 4.98 Å². The number of pyridine rings is 1. The van der Waals surface area contributed by atoms with Gasteiger partial charge in [-0.2, -0.15) is 0 Å². The summed E-state index contributed by atoms with van der Waals surface area (Å²) in [4.78, 5) is 17.5. The van der Waals surface area contributed by atoms with Crippen molar-refractivity contribution in [3.8, 4) is 0 Å². The van der Waals surface area contributed by atoms with Crippen molar-refractivity contribution in [3.63, 3.8) is 0 Å². The average molecular weight is 283 g/mol. The summed E-state index contributed by atoms with van der Waals surface area (Å²) in [5.41, 5.74) is 7.27. The predicted octanol–water partition coefficient (Wildman–Crippen LogP) is 2.36. The standard InChI is InChI=1S/C16H17N3O2/c17-14-9-18-15(8-13(14)16(20)21)19-7-6-12(10-19)11-4-2-1-3-5-11/h1-5,8-9,12H,6-7,10,17H2,(H,20,21). The number of nitrogens with two attached hydrogens (primary N) is 1. The number of hydrogen-bond donors (Lipinski definition) is 2. The van der Waals surface area contributed by atoms with E-state index in [1.54, 1.807) is 6.07 Å². The Bertz CT molecular complexity index is 658. The molecule has 1 fully saturated rings. The monoisotopic (exact) mass is 283 g/mol. The van der Waals surface area contributed by atoms with Crippen LogP contribution in [0.15, 0.2) is 42.6 Å². The van der Waals surface area contributed by atoms with Gasteiger partial charge in [-0.3, -0.25) is 0 Å². The van der Waals surface area contributed by atoms with Gasteiger partial charge in [-0.05, 0) is 18.1 Å². The van der Waals surface area contributed by atoms with Gasteiger partial charge in [0, 0.05) is 19.0 Å². The Labute approximate surface area is 123 Å². The molecule has 5 heteroatoms. The highest BCUT2D eigenvalue weighted by Gasteiger charge is 2.25. The van der Waals surface area contributed by atoms with Gasteiger partial charge in [0.2, 0.25) is 0 Å². The van der Waals surface area contributed by atoms with Crippen LogP contribution >= 0.6 is 0 Å². The second-order valence-electron chi connectivity index (χ2n) is 5.28. The summed E-state index contributed by atoms with van der Waals surface area (Å²) in [6.45, 7) is 1.72. The van der Waals surface area contributed by atoms with Crippen LogP contribution in [0, 0.1) is 0 Å². The second-order valence-corrected chi connectivity index (χ2v) is 5.28. The van der Waals surface area contributed by atoms with E-state index in [1.165, 1.54) is 11.8 Å². The van der Waals surface area contributed by atoms with Crippen LogP contribution < -0.4 is 10.6 Å². The summed E-state index contributed by atoms with van der Waals surface area (Å²) in [6, 6.07) is 11.9. The molecule has 1 aromatic heterocycles. The summed E-state index contributed by atoms with van der Waals surface area (Å²) < 4.78 is 0. The number of nitrogens with zero attached hydrogens (tertiary/aromatic N) is 2. The first-order valence-corrected chi connectivity index (χ1v) is 6.94. The number of hydrogen-bond acceptors (Lipinski definition) is 4. The Morgan fingerprint density at radius 2 is 2.10 bits per heavy atom. The van der Waals surface area contributed by atoms with E-state index in [2.05, 4.69) is 22.0 Å². The molecule has 0 saturated carbocycles. The highest BCUT2D eigenvalue weighted by atomic mass is 16.4. The lowest BCUT2D eigenvalue weighted by atomic mass is 9.99. The van der Waals surface area contributed by atoms with E-state index in [0.717, 1.165) is 19.5 Å². The highest BCUT2D eigenvalue weighted by Crippen LogP contribution is 2.30. The first-order valence-electron chi connectivity index (χ1n) is 6.94. The van der Waals surface area contributed by atoms with Crippen LogP contribution in [0.3, 0.4) is 0 Å². The molecule has 21 heavy (non-hydrogen) atoms. The van der Waals surface area contributed by atoms with Gasteiger partial charge in [0.25, 0.3) is 0 Å². The SMILES string of the molecule is Nc1cnc(N2CCC(c3ccccc3)C2)cc1C(=O)O. The number of benzene rings is 1. The Morgan fingerprint density at radius 3 is 2.81 bits per heavy atom. The van der Waals surface area contributed by atoms with E-state index in [1.807, 2.05) is 18.2 Å². The van der Waals surface area contributed by atoms with Crippen molar-refractivity contribution < 1.29 is 9.90 Å². The minimum absolute atomic E-state index is 0.114. The second kappa shape index (κ2) is 5.44. The summed E-state index contributed by atoms with van der Waals surface area (Å²) in [6.07, 6.45) is 2.47. The summed E-state index contributed by atoms with van der Waals surface area (Å²) in [5.74, 6) is 0.119. The fraction of sp³-hybridized carbons (Fsp3) is 0.250. The molecule has 3 rings (SSSR count). The number of carboxylic acids is 1. The molecule has 1 atom stereocenters. The van der Waals surface area contributed by atoms with E-state index < -0.39 is 5.97 Å². The van der Waals surface area contributed by atoms with Crippen LogP contribution in [0.4, 0.5) is 11.5 Å². The van der Waals surface area contributed by atoms with Crippen LogP contribution in [-0.4, -0.2) is 29.1 Å². The normalized spacial score (nSPS) is 17.9. The third-order valence-electron chi connectivity index (χ3n) is 3.93. The molecule has 2 aromatic rings. The van der Waals surface area contributed by atoms with Gasteiger partial charge in [0.1, 0.15) is 5.82 Å². The molecule has 1 saturated heterocycles. The van der Waals surface area contributed by atoms with Gasteiger partial charge in [0.15, 0.2) is 0 Å². The predicted molar refractivity (Wildman–Crippen MR) is 81.6 cm³/mol. The van der Waals surface area contributed by atoms with Crippen LogP contribution in [0.1, 0.15) is 28.3 Å². The van der Waals surface area contributed by atoms with Gasteiger partial charge in [-0.1, -0.05) is 30.3 Å². The van der Waals surface area contributed by atoms with E-state index in [9.17, 15) is 4.79 Å². The van der Waals surface area contributed by atoms with Crippen molar-refractivity contribution in [2.75, 3.05) is 23.7 Å². The molecule has 1 aromatic carbocycles. The van der Waals surface area contributed by atoms with Crippen molar-refractivity contribution in [1.29, 1.82) is 0 Å². The summed E-state index contributed by atoms with van der Waals surface area (Å²) >= 11 is 0. The molecule has 0 radical (unpaired) electrons. The van der Waals surface area contributed by atoms with Crippen molar-refractivity contribution in [2.24, 2.45) is 0 Å². The molecule has 5 nitrogen and oxygen atoms in total. The zero-order valence-electron chi connectivity index (χ0n) is 11.6. The topological polar surface area (TPSA) is 79.5 Å². The molecule has 1 unspecified atom stereocenters. The first kappa shape index (κ1) is 13.4. The minimum Gasteiger partial charge on any atom is -0.478 e. The molecule has 108 valence electrons. The van der Waals surface area contributed by atoms with Gasteiger partial charge in [0.05, 0.1) is 17.4 Å². The molecule has 0 spiro atoms. The fourth-order valence-corrected chi connectivity index (χ4v) is 2.78. The van der Waals surface area contributed by atoms with Crippen LogP contribution in [0.2, 0.25) is 0 Å². The van der Waals surface area contributed by atoms with Crippen LogP contribution in [0.25, 0.3) is 0 Å². The molecule has 1 aliphatic rings. The van der Waals surface area contributed by atoms with Crippen molar-refractivity contribution in [2.45, 2.75) is 12.3 Å².